The summed E-state index contributed by atoms with van der Waals surface area (Å²) in [5.74, 6) is 1.52. The van der Waals surface area contributed by atoms with E-state index in [-0.39, 0.29) is 0 Å². The first-order chi connectivity index (χ1) is 13.9. The molecule has 1 aliphatic carbocycles. The lowest BCUT2D eigenvalue weighted by atomic mass is 9.76. The minimum atomic E-state index is -1.11. The number of hydrogen-bond acceptors (Lipinski definition) is 3. The van der Waals surface area contributed by atoms with Crippen molar-refractivity contribution in [2.75, 3.05) is 13.2 Å². The van der Waals surface area contributed by atoms with Gasteiger partial charge < -0.3 is 13.9 Å². The monoisotopic (exact) mass is 426 g/mol. The summed E-state index contributed by atoms with van der Waals surface area (Å²) in [6.45, 7) is 21.4. The highest BCUT2D eigenvalue weighted by Gasteiger charge is 2.35. The molecule has 4 nitrogen and oxygen atoms in total. The average Bonchev–Trinajstić information content (AvgIpc) is 2.68. The maximum Gasteiger partial charge on any atom is 0.259 e. The predicted molar refractivity (Wildman–Crippen MR) is 126 cm³/mol. The molecule has 170 valence electrons. The van der Waals surface area contributed by atoms with Gasteiger partial charge in [0.05, 0.1) is 6.10 Å². The van der Waals surface area contributed by atoms with E-state index in [9.17, 15) is 0 Å². The van der Waals surface area contributed by atoms with E-state index in [1.165, 1.54) is 57.8 Å². The van der Waals surface area contributed by atoms with Crippen molar-refractivity contribution in [3.63, 3.8) is 0 Å². The molecule has 0 aromatic rings. The molecule has 1 aliphatic rings. The average molecular weight is 427 g/mol. The van der Waals surface area contributed by atoms with Gasteiger partial charge in [-0.05, 0) is 58.8 Å². The van der Waals surface area contributed by atoms with Gasteiger partial charge in [-0.25, -0.2) is 11.2 Å². The Balaban J connectivity index is 2.64. The summed E-state index contributed by atoms with van der Waals surface area (Å²) in [7, 11) is -1.11. The van der Waals surface area contributed by atoms with E-state index < -0.39 is 8.53 Å². The van der Waals surface area contributed by atoms with Crippen molar-refractivity contribution < 1.29 is 9.05 Å². The van der Waals surface area contributed by atoms with Crippen LogP contribution in [0.3, 0.4) is 0 Å². The van der Waals surface area contributed by atoms with Crippen molar-refractivity contribution in [3.8, 4) is 0 Å². The second-order valence-corrected chi connectivity index (χ2v) is 10.6. The van der Waals surface area contributed by atoms with Crippen molar-refractivity contribution >= 4 is 8.53 Å². The summed E-state index contributed by atoms with van der Waals surface area (Å²) < 4.78 is 15.2. The number of hydrogen-bond donors (Lipinski definition) is 0. The molecule has 1 fully saturated rings. The SMILES string of the molecule is [C-]#[N+]CCOP(O[C@H]1CCC(CCCCCCC)C[C@H]1CC)N(C(C)C)C(C)C. The van der Waals surface area contributed by atoms with Gasteiger partial charge in [-0.1, -0.05) is 58.8 Å². The highest BCUT2D eigenvalue weighted by molar-refractivity contribution is 7.44. The third-order valence-corrected chi connectivity index (χ3v) is 8.29. The highest BCUT2D eigenvalue weighted by atomic mass is 31.2. The zero-order valence-corrected chi connectivity index (χ0v) is 20.9. The Morgan fingerprint density at radius 1 is 1.03 bits per heavy atom. The molecule has 0 radical (unpaired) electrons. The third-order valence-electron chi connectivity index (χ3n) is 6.14. The first kappa shape index (κ1) is 26.8. The van der Waals surface area contributed by atoms with Crippen molar-refractivity contribution in [1.29, 1.82) is 0 Å². The van der Waals surface area contributed by atoms with Gasteiger partial charge in [-0.3, -0.25) is 0 Å². The molecule has 0 N–H and O–H groups in total. The van der Waals surface area contributed by atoms with Crippen LogP contribution in [0.25, 0.3) is 4.85 Å². The van der Waals surface area contributed by atoms with Crippen molar-refractivity contribution in [1.82, 2.24) is 4.67 Å². The van der Waals surface area contributed by atoms with E-state index in [1.54, 1.807) is 0 Å². The maximum atomic E-state index is 7.05. The molecule has 1 rings (SSSR count). The molecule has 5 heteroatoms. The molecule has 0 saturated heterocycles. The molecule has 0 spiro atoms. The second-order valence-electron chi connectivity index (χ2n) is 9.21. The molecule has 0 amide bonds. The van der Waals surface area contributed by atoms with Gasteiger partial charge in [-0.15, -0.1) is 0 Å². The van der Waals surface area contributed by atoms with Gasteiger partial charge >= 0.3 is 0 Å². The predicted octanol–water partition coefficient (Wildman–Crippen LogP) is 7.84. The third kappa shape index (κ3) is 10.1. The summed E-state index contributed by atoms with van der Waals surface area (Å²) in [4.78, 5) is 3.45. The van der Waals surface area contributed by atoms with Crippen molar-refractivity contribution in [2.45, 2.75) is 124 Å². The molecular formula is C24H47N2O2P. The summed E-state index contributed by atoms with van der Waals surface area (Å²) in [5.41, 5.74) is 0. The van der Waals surface area contributed by atoms with Gasteiger partial charge in [0.25, 0.3) is 8.53 Å². The first-order valence-electron chi connectivity index (χ1n) is 12.2. The van der Waals surface area contributed by atoms with Gasteiger partial charge in [0.1, 0.15) is 6.61 Å². The molecule has 29 heavy (non-hydrogen) atoms. The Bertz CT molecular complexity index is 445. The molecule has 0 bridgehead atoms. The highest BCUT2D eigenvalue weighted by Crippen LogP contribution is 2.50. The Kier molecular flexibility index (Phi) is 14.4. The summed E-state index contributed by atoms with van der Waals surface area (Å²) in [5, 5.41) is 0. The van der Waals surface area contributed by atoms with Crippen LogP contribution >= 0.6 is 8.53 Å². The zero-order valence-electron chi connectivity index (χ0n) is 20.0. The lowest BCUT2D eigenvalue weighted by Gasteiger charge is -2.41. The van der Waals surface area contributed by atoms with Gasteiger partial charge in [0.15, 0.2) is 0 Å². The minimum absolute atomic E-state index is 0.301. The van der Waals surface area contributed by atoms with Crippen molar-refractivity contribution in [2.24, 2.45) is 11.8 Å². The topological polar surface area (TPSA) is 26.1 Å². The summed E-state index contributed by atoms with van der Waals surface area (Å²) >= 11 is 0. The minimum Gasteiger partial charge on any atom is -0.318 e. The number of nitrogens with zero attached hydrogens (tertiary/aromatic N) is 2. The molecular weight excluding hydrogens is 379 g/mol. The van der Waals surface area contributed by atoms with Crippen LogP contribution in [-0.4, -0.2) is 36.0 Å². The maximum absolute atomic E-state index is 7.05. The van der Waals surface area contributed by atoms with E-state index in [1.807, 2.05) is 0 Å². The van der Waals surface area contributed by atoms with Crippen LogP contribution in [0.1, 0.15) is 106 Å². The molecule has 4 atom stereocenters. The van der Waals surface area contributed by atoms with E-state index in [4.69, 9.17) is 15.6 Å². The fourth-order valence-electron chi connectivity index (χ4n) is 4.61. The van der Waals surface area contributed by atoms with Crippen LogP contribution in [0, 0.1) is 18.4 Å². The number of rotatable bonds is 15. The molecule has 0 heterocycles. The normalized spacial score (nSPS) is 23.7. The Morgan fingerprint density at radius 3 is 2.31 bits per heavy atom. The smallest absolute Gasteiger partial charge is 0.259 e. The summed E-state index contributed by atoms with van der Waals surface area (Å²) in [6.07, 6.45) is 13.6. The van der Waals surface area contributed by atoms with E-state index in [2.05, 4.69) is 51.1 Å². The van der Waals surface area contributed by atoms with Crippen LogP contribution in [-0.2, 0) is 9.05 Å². The standard InChI is InChI=1S/C24H47N2O2P/c1-8-10-11-12-13-14-22-15-16-24(23(9-2)19-22)28-29(27-18-17-25-7)26(20(3)4)21(5)6/h20-24H,8-19H2,1-6H3/t22?,23-,24+,29?/m1/s1. The van der Waals surface area contributed by atoms with Crippen LogP contribution in [0.2, 0.25) is 0 Å². The van der Waals surface area contributed by atoms with Crippen molar-refractivity contribution in [3.05, 3.63) is 11.4 Å². The molecule has 0 aliphatic heterocycles. The first-order valence-corrected chi connectivity index (χ1v) is 13.3. The van der Waals surface area contributed by atoms with Gasteiger partial charge in [0.2, 0.25) is 6.54 Å². The van der Waals surface area contributed by atoms with E-state index in [0.717, 1.165) is 12.3 Å². The quantitative estimate of drug-likeness (QED) is 0.151. The van der Waals surface area contributed by atoms with Crippen LogP contribution in [0.4, 0.5) is 0 Å². The van der Waals surface area contributed by atoms with Gasteiger partial charge in [-0.2, -0.15) is 0 Å². The Morgan fingerprint density at radius 2 is 1.72 bits per heavy atom. The summed E-state index contributed by atoms with van der Waals surface area (Å²) in [6, 6.07) is 0.738. The van der Waals surface area contributed by atoms with Crippen LogP contribution < -0.4 is 0 Å². The lowest BCUT2D eigenvalue weighted by Crippen LogP contribution is -2.37. The van der Waals surface area contributed by atoms with Gasteiger partial charge in [0, 0.05) is 12.1 Å². The van der Waals surface area contributed by atoms with E-state index >= 15 is 0 Å². The lowest BCUT2D eigenvalue weighted by molar-refractivity contribution is 0.0447. The fraction of sp³-hybridized carbons (Fsp3) is 0.958. The van der Waals surface area contributed by atoms with Crippen LogP contribution in [0.5, 0.6) is 0 Å². The fourth-order valence-corrected chi connectivity index (χ4v) is 6.41. The largest absolute Gasteiger partial charge is 0.318 e. The zero-order chi connectivity index (χ0) is 21.6. The second kappa shape index (κ2) is 15.6. The Labute approximate surface area is 182 Å². The van der Waals surface area contributed by atoms with Crippen LogP contribution in [0.15, 0.2) is 0 Å². The van der Waals surface area contributed by atoms with E-state index in [0.29, 0.717) is 37.3 Å². The number of unbranched alkanes of at least 4 members (excludes halogenated alkanes) is 4. The molecule has 2 unspecified atom stereocenters. The Hall–Kier alpha value is -0.200. The molecule has 1 saturated carbocycles. The molecule has 0 aromatic carbocycles. The molecule has 0 aromatic heterocycles.